The molecule has 104 valence electrons. The van der Waals surface area contributed by atoms with Gasteiger partial charge in [-0.05, 0) is 16.3 Å². The fraction of sp³-hybridized carbons (Fsp3) is 0.312. The summed E-state index contributed by atoms with van der Waals surface area (Å²) < 4.78 is 0. The zero-order valence-electron chi connectivity index (χ0n) is 11.4. The molecule has 0 saturated carbocycles. The molecular weight excluding hydrogens is 266 g/mol. The molecule has 0 fully saturated rings. The molecule has 0 spiro atoms. The average Bonchev–Trinajstić information content (AvgIpc) is 3.00. The van der Waals surface area contributed by atoms with Gasteiger partial charge in [0.25, 0.3) is 0 Å². The molecule has 0 amide bonds. The number of nitrogens with one attached hydrogen (secondary N) is 2. The van der Waals surface area contributed by atoms with E-state index in [2.05, 4.69) is 58.1 Å². The van der Waals surface area contributed by atoms with Crippen molar-refractivity contribution in [3.8, 4) is 0 Å². The molecule has 4 heteroatoms. The normalized spacial score (nSPS) is 14.1. The maximum atomic E-state index is 4.32. The molecule has 0 radical (unpaired) electrons. The van der Waals surface area contributed by atoms with Gasteiger partial charge >= 0.3 is 0 Å². The average molecular weight is 285 g/mol. The van der Waals surface area contributed by atoms with E-state index in [4.69, 9.17) is 0 Å². The van der Waals surface area contributed by atoms with Crippen LogP contribution in [0.2, 0.25) is 0 Å². The predicted molar refractivity (Wildman–Crippen MR) is 88.4 cm³/mol. The minimum absolute atomic E-state index is 0.894. The fourth-order valence-corrected chi connectivity index (χ4v) is 3.22. The molecule has 1 aliphatic heterocycles. The number of aliphatic imine (C=N–C) groups is 1. The van der Waals surface area contributed by atoms with Crippen molar-refractivity contribution in [2.24, 2.45) is 4.99 Å². The largest absolute Gasteiger partial charge is 0.356 e. The number of thioether (sulfide) groups is 1. The van der Waals surface area contributed by atoms with Crippen LogP contribution in [0.4, 0.5) is 0 Å². The van der Waals surface area contributed by atoms with Gasteiger partial charge in [-0.15, -0.1) is 0 Å². The molecule has 2 aromatic rings. The van der Waals surface area contributed by atoms with Crippen LogP contribution in [0.3, 0.4) is 0 Å². The van der Waals surface area contributed by atoms with Crippen molar-refractivity contribution in [3.63, 3.8) is 0 Å². The summed E-state index contributed by atoms with van der Waals surface area (Å²) in [5.41, 5.74) is 1.42. The fourth-order valence-electron chi connectivity index (χ4n) is 2.36. The van der Waals surface area contributed by atoms with E-state index in [1.807, 2.05) is 11.8 Å². The second kappa shape index (κ2) is 6.66. The molecule has 1 heterocycles. The molecule has 20 heavy (non-hydrogen) atoms. The van der Waals surface area contributed by atoms with Crippen LogP contribution in [0, 0.1) is 0 Å². The van der Waals surface area contributed by atoms with Gasteiger partial charge in [-0.25, -0.2) is 0 Å². The van der Waals surface area contributed by atoms with Crippen molar-refractivity contribution in [1.82, 2.24) is 10.6 Å². The highest BCUT2D eigenvalue weighted by Gasteiger charge is 2.03. The standard InChI is InChI=1S/C16H19N3S/c1-2-7-15-13(4-1)5-3-6-14(15)12-20-11-10-19-16-17-8-9-18-16/h1-7H,8-12H2,(H2,17,18,19). The highest BCUT2D eigenvalue weighted by atomic mass is 32.2. The number of rotatable bonds is 5. The number of nitrogens with zero attached hydrogens (tertiary/aromatic N) is 1. The van der Waals surface area contributed by atoms with E-state index in [0.29, 0.717) is 0 Å². The van der Waals surface area contributed by atoms with Gasteiger partial charge in [-0.2, -0.15) is 11.8 Å². The Morgan fingerprint density at radius 2 is 2.05 bits per heavy atom. The van der Waals surface area contributed by atoms with E-state index in [1.54, 1.807) is 0 Å². The van der Waals surface area contributed by atoms with Crippen molar-refractivity contribution in [2.75, 3.05) is 25.4 Å². The van der Waals surface area contributed by atoms with E-state index < -0.39 is 0 Å². The summed E-state index contributed by atoms with van der Waals surface area (Å²) in [6.07, 6.45) is 0. The molecule has 0 unspecified atom stereocenters. The molecule has 0 atom stereocenters. The lowest BCUT2D eigenvalue weighted by Crippen LogP contribution is -2.35. The van der Waals surface area contributed by atoms with E-state index in [1.165, 1.54) is 16.3 Å². The molecule has 3 rings (SSSR count). The van der Waals surface area contributed by atoms with Gasteiger partial charge in [-0.1, -0.05) is 42.5 Å². The van der Waals surface area contributed by atoms with Gasteiger partial charge in [0.2, 0.25) is 0 Å². The quantitative estimate of drug-likeness (QED) is 0.829. The predicted octanol–water partition coefficient (Wildman–Crippen LogP) is 2.62. The highest BCUT2D eigenvalue weighted by molar-refractivity contribution is 7.98. The molecule has 0 aromatic heterocycles. The summed E-state index contributed by atoms with van der Waals surface area (Å²) in [4.78, 5) is 4.32. The van der Waals surface area contributed by atoms with Crippen molar-refractivity contribution in [3.05, 3.63) is 48.0 Å². The minimum Gasteiger partial charge on any atom is -0.356 e. The van der Waals surface area contributed by atoms with Crippen LogP contribution < -0.4 is 10.6 Å². The summed E-state index contributed by atoms with van der Waals surface area (Å²) in [5.74, 6) is 3.10. The Bertz CT molecular complexity index is 604. The van der Waals surface area contributed by atoms with E-state index in [9.17, 15) is 0 Å². The number of benzene rings is 2. The van der Waals surface area contributed by atoms with Crippen molar-refractivity contribution < 1.29 is 0 Å². The Morgan fingerprint density at radius 3 is 2.95 bits per heavy atom. The monoisotopic (exact) mass is 285 g/mol. The minimum atomic E-state index is 0.894. The SMILES string of the molecule is c1ccc2c(CSCCNC3=NCCN3)cccc2c1. The second-order valence-electron chi connectivity index (χ2n) is 4.77. The van der Waals surface area contributed by atoms with E-state index >= 15 is 0 Å². The molecular formula is C16H19N3S. The third-order valence-electron chi connectivity index (χ3n) is 3.35. The van der Waals surface area contributed by atoms with Crippen molar-refractivity contribution in [2.45, 2.75) is 5.75 Å². The highest BCUT2D eigenvalue weighted by Crippen LogP contribution is 2.22. The van der Waals surface area contributed by atoms with Crippen LogP contribution in [0.1, 0.15) is 5.56 Å². The molecule has 2 aromatic carbocycles. The molecule has 0 saturated heterocycles. The van der Waals surface area contributed by atoms with Crippen LogP contribution in [0.25, 0.3) is 10.8 Å². The van der Waals surface area contributed by atoms with Crippen molar-refractivity contribution in [1.29, 1.82) is 0 Å². The maximum Gasteiger partial charge on any atom is 0.191 e. The molecule has 3 nitrogen and oxygen atoms in total. The molecule has 2 N–H and O–H groups in total. The third-order valence-corrected chi connectivity index (χ3v) is 4.36. The lowest BCUT2D eigenvalue weighted by atomic mass is 10.1. The van der Waals surface area contributed by atoms with Gasteiger partial charge in [0, 0.05) is 24.6 Å². The lowest BCUT2D eigenvalue weighted by molar-refractivity contribution is 0.903. The first-order valence-corrected chi connectivity index (χ1v) is 8.15. The zero-order valence-corrected chi connectivity index (χ0v) is 12.2. The Morgan fingerprint density at radius 1 is 1.15 bits per heavy atom. The molecule has 1 aliphatic rings. The first kappa shape index (κ1) is 13.3. The van der Waals surface area contributed by atoms with E-state index in [-0.39, 0.29) is 0 Å². The van der Waals surface area contributed by atoms with Gasteiger partial charge in [0.05, 0.1) is 6.54 Å². The van der Waals surface area contributed by atoms with Crippen LogP contribution in [-0.2, 0) is 5.75 Å². The number of guanidine groups is 1. The number of hydrogen-bond donors (Lipinski definition) is 2. The first-order valence-electron chi connectivity index (χ1n) is 7.00. The van der Waals surface area contributed by atoms with Crippen LogP contribution >= 0.6 is 11.8 Å². The second-order valence-corrected chi connectivity index (χ2v) is 5.88. The number of fused-ring (bicyclic) bond motifs is 1. The number of hydrogen-bond acceptors (Lipinski definition) is 4. The van der Waals surface area contributed by atoms with Crippen LogP contribution in [0.5, 0.6) is 0 Å². The zero-order chi connectivity index (χ0) is 13.6. The first-order chi connectivity index (χ1) is 9.93. The summed E-state index contributed by atoms with van der Waals surface area (Å²) in [6.45, 7) is 2.82. The topological polar surface area (TPSA) is 36.4 Å². The van der Waals surface area contributed by atoms with Gasteiger partial charge in [0.15, 0.2) is 5.96 Å². The lowest BCUT2D eigenvalue weighted by Gasteiger charge is -2.08. The summed E-state index contributed by atoms with van der Waals surface area (Å²) >= 11 is 1.96. The molecule has 0 aliphatic carbocycles. The van der Waals surface area contributed by atoms with E-state index in [0.717, 1.165) is 37.1 Å². The maximum absolute atomic E-state index is 4.32. The Kier molecular flexibility index (Phi) is 4.43. The van der Waals surface area contributed by atoms with Gasteiger partial charge in [0.1, 0.15) is 0 Å². The van der Waals surface area contributed by atoms with Crippen LogP contribution in [-0.4, -0.2) is 31.3 Å². The van der Waals surface area contributed by atoms with Crippen LogP contribution in [0.15, 0.2) is 47.5 Å². The molecule has 0 bridgehead atoms. The van der Waals surface area contributed by atoms with Crippen molar-refractivity contribution >= 4 is 28.5 Å². The Balaban J connectivity index is 1.50. The third kappa shape index (κ3) is 3.25. The van der Waals surface area contributed by atoms with Gasteiger partial charge in [-0.3, -0.25) is 4.99 Å². The summed E-state index contributed by atoms with van der Waals surface area (Å²) in [7, 11) is 0. The Hall–Kier alpha value is -1.68. The van der Waals surface area contributed by atoms with Gasteiger partial charge < -0.3 is 10.6 Å². The smallest absolute Gasteiger partial charge is 0.191 e. The summed E-state index contributed by atoms with van der Waals surface area (Å²) in [6, 6.07) is 15.1. The summed E-state index contributed by atoms with van der Waals surface area (Å²) in [5, 5.41) is 9.24. The Labute approximate surface area is 123 Å².